The second-order valence-corrected chi connectivity index (χ2v) is 4.00. The molecule has 0 unspecified atom stereocenters. The maximum absolute atomic E-state index is 12.8. The molecular weight excluding hydrogens is 211 g/mol. The number of carboxylic acids is 1. The van der Waals surface area contributed by atoms with Crippen LogP contribution in [-0.2, 0) is 10.2 Å². The number of nitrogens with one attached hydrogen (secondary N) is 1. The van der Waals surface area contributed by atoms with E-state index in [1.165, 1.54) is 12.1 Å². The first kappa shape index (κ1) is 11.0. The van der Waals surface area contributed by atoms with Gasteiger partial charge in [0.2, 0.25) is 0 Å². The Morgan fingerprint density at radius 2 is 2.12 bits per heavy atom. The molecule has 0 atom stereocenters. The zero-order valence-electron chi connectivity index (χ0n) is 8.74. The van der Waals surface area contributed by atoms with Crippen LogP contribution in [-0.4, -0.2) is 29.1 Å². The zero-order chi connectivity index (χ0) is 11.6. The van der Waals surface area contributed by atoms with Crippen molar-refractivity contribution in [3.63, 3.8) is 0 Å². The third-order valence-corrected chi connectivity index (χ3v) is 3.08. The lowest BCUT2D eigenvalue weighted by atomic mass is 9.76. The van der Waals surface area contributed by atoms with E-state index in [4.69, 9.17) is 0 Å². The Kier molecular flexibility index (Phi) is 2.87. The van der Waals surface area contributed by atoms with Gasteiger partial charge in [0.1, 0.15) is 11.2 Å². The van der Waals surface area contributed by atoms with Gasteiger partial charge in [0.15, 0.2) is 0 Å². The number of hydrogen-bond acceptors (Lipinski definition) is 3. The first-order valence-corrected chi connectivity index (χ1v) is 5.21. The van der Waals surface area contributed by atoms with E-state index in [1.54, 1.807) is 0 Å². The maximum Gasteiger partial charge on any atom is 0.315 e. The molecule has 2 N–H and O–H groups in total. The molecule has 16 heavy (non-hydrogen) atoms. The van der Waals surface area contributed by atoms with Crippen molar-refractivity contribution in [1.29, 1.82) is 0 Å². The standard InChI is InChI=1S/C11H13FN2O2/c12-8-1-2-9(14-7-8)11(10(15)16)3-5-13-6-4-11/h1-2,7,13H,3-6H2,(H,15,16). The molecule has 0 spiro atoms. The Hall–Kier alpha value is -1.49. The summed E-state index contributed by atoms with van der Waals surface area (Å²) in [5, 5.41) is 12.5. The highest BCUT2D eigenvalue weighted by molar-refractivity contribution is 5.80. The Bertz CT molecular complexity index is 385. The van der Waals surface area contributed by atoms with Crippen LogP contribution in [0.15, 0.2) is 18.3 Å². The summed E-state index contributed by atoms with van der Waals surface area (Å²) in [6, 6.07) is 2.73. The van der Waals surface area contributed by atoms with Crippen LogP contribution in [0.2, 0.25) is 0 Å². The van der Waals surface area contributed by atoms with Crippen LogP contribution < -0.4 is 5.32 Å². The SMILES string of the molecule is O=C(O)C1(c2ccc(F)cn2)CCNCC1. The molecule has 2 heterocycles. The topological polar surface area (TPSA) is 62.2 Å². The second kappa shape index (κ2) is 4.17. The molecule has 1 aromatic rings. The summed E-state index contributed by atoms with van der Waals surface area (Å²) in [5.41, 5.74) is -0.512. The van der Waals surface area contributed by atoms with E-state index < -0.39 is 17.2 Å². The van der Waals surface area contributed by atoms with Crippen LogP contribution in [0.4, 0.5) is 4.39 Å². The largest absolute Gasteiger partial charge is 0.481 e. The first-order chi connectivity index (χ1) is 7.65. The molecule has 86 valence electrons. The molecule has 0 radical (unpaired) electrons. The number of pyridine rings is 1. The number of aliphatic carboxylic acids is 1. The van der Waals surface area contributed by atoms with E-state index in [-0.39, 0.29) is 0 Å². The molecule has 1 aliphatic heterocycles. The minimum absolute atomic E-state index is 0.446. The van der Waals surface area contributed by atoms with Gasteiger partial charge in [0, 0.05) is 0 Å². The molecule has 0 aromatic carbocycles. The monoisotopic (exact) mass is 224 g/mol. The van der Waals surface area contributed by atoms with Crippen molar-refractivity contribution >= 4 is 5.97 Å². The number of piperidine rings is 1. The Morgan fingerprint density at radius 3 is 2.62 bits per heavy atom. The molecule has 2 rings (SSSR count). The van der Waals surface area contributed by atoms with Gasteiger partial charge < -0.3 is 10.4 Å². The Morgan fingerprint density at radius 1 is 1.44 bits per heavy atom. The van der Waals surface area contributed by atoms with Gasteiger partial charge in [-0.25, -0.2) is 4.39 Å². The van der Waals surface area contributed by atoms with Crippen molar-refractivity contribution in [3.05, 3.63) is 29.8 Å². The van der Waals surface area contributed by atoms with Crippen LogP contribution in [0, 0.1) is 5.82 Å². The average molecular weight is 224 g/mol. The van der Waals surface area contributed by atoms with Crippen LogP contribution in [0.3, 0.4) is 0 Å². The number of hydrogen-bond donors (Lipinski definition) is 2. The molecule has 1 aliphatic rings. The van der Waals surface area contributed by atoms with Gasteiger partial charge in [0.25, 0.3) is 0 Å². The summed E-state index contributed by atoms with van der Waals surface area (Å²) in [5.74, 6) is -1.33. The first-order valence-electron chi connectivity index (χ1n) is 5.21. The van der Waals surface area contributed by atoms with Crippen molar-refractivity contribution in [3.8, 4) is 0 Å². The fraction of sp³-hybridized carbons (Fsp3) is 0.455. The molecule has 1 aromatic heterocycles. The fourth-order valence-electron chi connectivity index (χ4n) is 2.09. The number of nitrogens with zero attached hydrogens (tertiary/aromatic N) is 1. The van der Waals surface area contributed by atoms with E-state index in [9.17, 15) is 14.3 Å². The van der Waals surface area contributed by atoms with Gasteiger partial charge in [-0.1, -0.05) is 0 Å². The minimum atomic E-state index is -0.959. The normalized spacial score (nSPS) is 19.3. The minimum Gasteiger partial charge on any atom is -0.481 e. The fourth-order valence-corrected chi connectivity index (χ4v) is 2.09. The smallest absolute Gasteiger partial charge is 0.315 e. The summed E-state index contributed by atoms with van der Waals surface area (Å²) >= 11 is 0. The van der Waals surface area contributed by atoms with Gasteiger partial charge in [-0.2, -0.15) is 0 Å². The van der Waals surface area contributed by atoms with E-state index in [0.717, 1.165) is 6.20 Å². The lowest BCUT2D eigenvalue weighted by Gasteiger charge is -2.32. The van der Waals surface area contributed by atoms with Gasteiger partial charge in [-0.05, 0) is 38.1 Å². The van der Waals surface area contributed by atoms with Crippen molar-refractivity contribution in [1.82, 2.24) is 10.3 Å². The van der Waals surface area contributed by atoms with Crippen LogP contribution in [0.5, 0.6) is 0 Å². The molecule has 5 heteroatoms. The third kappa shape index (κ3) is 1.78. The van der Waals surface area contributed by atoms with Crippen LogP contribution in [0.25, 0.3) is 0 Å². The molecule has 0 amide bonds. The summed E-state index contributed by atoms with van der Waals surface area (Å²) in [7, 11) is 0. The lowest BCUT2D eigenvalue weighted by Crippen LogP contribution is -2.46. The number of carbonyl (C=O) groups is 1. The number of rotatable bonds is 2. The highest BCUT2D eigenvalue weighted by Crippen LogP contribution is 2.32. The molecule has 1 saturated heterocycles. The van der Waals surface area contributed by atoms with Crippen molar-refractivity contribution < 1.29 is 14.3 Å². The van der Waals surface area contributed by atoms with E-state index in [1.807, 2.05) is 0 Å². The van der Waals surface area contributed by atoms with E-state index in [0.29, 0.717) is 31.6 Å². The van der Waals surface area contributed by atoms with Crippen molar-refractivity contribution in [2.24, 2.45) is 0 Å². The van der Waals surface area contributed by atoms with Gasteiger partial charge in [-0.3, -0.25) is 9.78 Å². The second-order valence-electron chi connectivity index (χ2n) is 4.00. The Balaban J connectivity index is 2.38. The Labute approximate surface area is 92.5 Å². The van der Waals surface area contributed by atoms with Crippen LogP contribution >= 0.6 is 0 Å². The molecule has 4 nitrogen and oxygen atoms in total. The van der Waals surface area contributed by atoms with Gasteiger partial charge in [0.05, 0.1) is 11.9 Å². The van der Waals surface area contributed by atoms with Crippen molar-refractivity contribution in [2.75, 3.05) is 13.1 Å². The van der Waals surface area contributed by atoms with Gasteiger partial charge >= 0.3 is 5.97 Å². The van der Waals surface area contributed by atoms with E-state index in [2.05, 4.69) is 10.3 Å². The van der Waals surface area contributed by atoms with E-state index >= 15 is 0 Å². The molecule has 0 saturated carbocycles. The summed E-state index contributed by atoms with van der Waals surface area (Å²) in [6.07, 6.45) is 2.05. The lowest BCUT2D eigenvalue weighted by molar-refractivity contribution is -0.145. The quantitative estimate of drug-likeness (QED) is 0.784. The predicted octanol–water partition coefficient (Wildman–Crippen LogP) is 0.926. The maximum atomic E-state index is 12.8. The van der Waals surface area contributed by atoms with Crippen LogP contribution in [0.1, 0.15) is 18.5 Å². The third-order valence-electron chi connectivity index (χ3n) is 3.08. The molecule has 0 bridgehead atoms. The predicted molar refractivity (Wildman–Crippen MR) is 55.6 cm³/mol. The number of carboxylic acid groups (broad SMARTS) is 1. The summed E-state index contributed by atoms with van der Waals surface area (Å²) in [6.45, 7) is 1.29. The number of aromatic nitrogens is 1. The van der Waals surface area contributed by atoms with Crippen molar-refractivity contribution in [2.45, 2.75) is 18.3 Å². The zero-order valence-corrected chi connectivity index (χ0v) is 8.74. The summed E-state index contributed by atoms with van der Waals surface area (Å²) in [4.78, 5) is 15.3. The highest BCUT2D eigenvalue weighted by Gasteiger charge is 2.42. The molecule has 1 fully saturated rings. The highest BCUT2D eigenvalue weighted by atomic mass is 19.1. The average Bonchev–Trinajstić information content (AvgIpc) is 2.30. The van der Waals surface area contributed by atoms with Gasteiger partial charge in [-0.15, -0.1) is 0 Å². The summed E-state index contributed by atoms with van der Waals surface area (Å²) < 4.78 is 12.8. The molecular formula is C11H13FN2O2. The molecule has 0 aliphatic carbocycles. The number of halogens is 1.